The lowest BCUT2D eigenvalue weighted by Gasteiger charge is -2.19. The van der Waals surface area contributed by atoms with Crippen LogP contribution in [0.4, 0.5) is 0 Å². The van der Waals surface area contributed by atoms with Crippen molar-refractivity contribution in [1.82, 2.24) is 4.57 Å². The van der Waals surface area contributed by atoms with E-state index in [9.17, 15) is 0 Å². The number of rotatable bonds is 2. The monoisotopic (exact) mass is 325 g/mol. The average molecular weight is 325 g/mol. The van der Waals surface area contributed by atoms with Crippen molar-refractivity contribution in [3.05, 3.63) is 90.5 Å². The quantitative estimate of drug-likeness (QED) is 0.391. The maximum absolute atomic E-state index is 2.35. The highest BCUT2D eigenvalue weighted by atomic mass is 15.0. The van der Waals surface area contributed by atoms with Crippen molar-refractivity contribution in [1.29, 1.82) is 0 Å². The molecule has 0 atom stereocenters. The Morgan fingerprint density at radius 1 is 0.680 bits per heavy atom. The molecule has 0 fully saturated rings. The van der Waals surface area contributed by atoms with Gasteiger partial charge in [0.25, 0.3) is 0 Å². The van der Waals surface area contributed by atoms with Crippen molar-refractivity contribution in [2.24, 2.45) is 0 Å². The van der Waals surface area contributed by atoms with Crippen molar-refractivity contribution < 1.29 is 0 Å². The predicted molar refractivity (Wildman–Crippen MR) is 107 cm³/mol. The molecular weight excluding hydrogens is 302 g/mol. The van der Waals surface area contributed by atoms with Crippen LogP contribution in [0.25, 0.3) is 27.8 Å². The van der Waals surface area contributed by atoms with Gasteiger partial charge in [-0.05, 0) is 40.8 Å². The molecule has 0 aliphatic rings. The van der Waals surface area contributed by atoms with E-state index in [0.717, 1.165) is 0 Å². The van der Waals surface area contributed by atoms with Gasteiger partial charge in [0, 0.05) is 11.1 Å². The molecule has 25 heavy (non-hydrogen) atoms. The molecule has 0 aliphatic carbocycles. The molecule has 0 aliphatic heterocycles. The molecule has 1 nitrogen and oxygen atoms in total. The second kappa shape index (κ2) is 5.93. The van der Waals surface area contributed by atoms with E-state index in [0.29, 0.717) is 0 Å². The van der Waals surface area contributed by atoms with Crippen LogP contribution in [0.3, 0.4) is 0 Å². The Morgan fingerprint density at radius 2 is 1.32 bits per heavy atom. The standard InChI is InChI=1S/C24H23N/c1-24(2,3)20-15-13-18(14-16-20)23-17-19-9-7-8-12-22(19)25(23)21-10-5-4-6-11-21/h4-17H,1-3H3. The Morgan fingerprint density at radius 3 is 2.00 bits per heavy atom. The van der Waals surface area contributed by atoms with Crippen LogP contribution in [-0.2, 0) is 5.41 Å². The van der Waals surface area contributed by atoms with Gasteiger partial charge in [-0.15, -0.1) is 0 Å². The van der Waals surface area contributed by atoms with Crippen molar-refractivity contribution >= 4 is 10.9 Å². The lowest BCUT2D eigenvalue weighted by atomic mass is 9.86. The molecule has 3 aromatic carbocycles. The highest BCUT2D eigenvalue weighted by Gasteiger charge is 2.15. The molecule has 1 heterocycles. The Bertz CT molecular complexity index is 1000. The van der Waals surface area contributed by atoms with Gasteiger partial charge in [0.15, 0.2) is 0 Å². The summed E-state index contributed by atoms with van der Waals surface area (Å²) in [6.45, 7) is 6.76. The molecule has 4 rings (SSSR count). The Balaban J connectivity index is 1.93. The van der Waals surface area contributed by atoms with E-state index in [-0.39, 0.29) is 5.41 Å². The lowest BCUT2D eigenvalue weighted by Crippen LogP contribution is -2.10. The van der Waals surface area contributed by atoms with Crippen LogP contribution < -0.4 is 0 Å². The van der Waals surface area contributed by atoms with Crippen molar-refractivity contribution in [2.75, 3.05) is 0 Å². The first-order chi connectivity index (χ1) is 12.0. The van der Waals surface area contributed by atoms with Gasteiger partial charge in [0.2, 0.25) is 0 Å². The minimum Gasteiger partial charge on any atom is -0.309 e. The van der Waals surface area contributed by atoms with E-state index in [1.165, 1.54) is 33.4 Å². The number of fused-ring (bicyclic) bond motifs is 1. The summed E-state index contributed by atoms with van der Waals surface area (Å²) in [6.07, 6.45) is 0. The molecule has 124 valence electrons. The number of aromatic nitrogens is 1. The summed E-state index contributed by atoms with van der Waals surface area (Å²) in [5.74, 6) is 0. The third-order valence-corrected chi connectivity index (χ3v) is 4.77. The normalized spacial score (nSPS) is 11.8. The van der Waals surface area contributed by atoms with Crippen molar-refractivity contribution in [2.45, 2.75) is 26.2 Å². The predicted octanol–water partition coefficient (Wildman–Crippen LogP) is 6.60. The molecule has 1 heteroatoms. The summed E-state index contributed by atoms with van der Waals surface area (Å²) in [4.78, 5) is 0. The lowest BCUT2D eigenvalue weighted by molar-refractivity contribution is 0.590. The molecule has 0 amide bonds. The van der Waals surface area contributed by atoms with E-state index >= 15 is 0 Å². The molecule has 4 aromatic rings. The fraction of sp³-hybridized carbons (Fsp3) is 0.167. The first kappa shape index (κ1) is 15.7. The highest BCUT2D eigenvalue weighted by Crippen LogP contribution is 2.32. The van der Waals surface area contributed by atoms with E-state index in [2.05, 4.69) is 110 Å². The molecule has 0 bridgehead atoms. The van der Waals surface area contributed by atoms with Crippen LogP contribution in [-0.4, -0.2) is 4.57 Å². The molecular formula is C24H23N. The Kier molecular flexibility index (Phi) is 3.73. The van der Waals surface area contributed by atoms with Gasteiger partial charge in [-0.3, -0.25) is 0 Å². The van der Waals surface area contributed by atoms with Crippen molar-refractivity contribution in [3.63, 3.8) is 0 Å². The SMILES string of the molecule is CC(C)(C)c1ccc(-c2cc3ccccc3n2-c2ccccc2)cc1. The van der Waals surface area contributed by atoms with Gasteiger partial charge < -0.3 is 4.57 Å². The molecule has 0 saturated heterocycles. The van der Waals surface area contributed by atoms with Crippen LogP contribution in [0.2, 0.25) is 0 Å². The third-order valence-electron chi connectivity index (χ3n) is 4.77. The summed E-state index contributed by atoms with van der Waals surface area (Å²) >= 11 is 0. The van der Waals surface area contributed by atoms with Crippen LogP contribution in [0.5, 0.6) is 0 Å². The van der Waals surface area contributed by atoms with Gasteiger partial charge in [0.1, 0.15) is 0 Å². The molecule has 0 unspecified atom stereocenters. The number of benzene rings is 3. The number of nitrogens with zero attached hydrogens (tertiary/aromatic N) is 1. The fourth-order valence-corrected chi connectivity index (χ4v) is 3.36. The smallest absolute Gasteiger partial charge is 0.0540 e. The topological polar surface area (TPSA) is 4.93 Å². The van der Waals surface area contributed by atoms with Crippen LogP contribution in [0.15, 0.2) is 84.9 Å². The average Bonchev–Trinajstić information content (AvgIpc) is 3.01. The Labute approximate surface area is 149 Å². The molecule has 1 aromatic heterocycles. The fourth-order valence-electron chi connectivity index (χ4n) is 3.36. The zero-order valence-electron chi connectivity index (χ0n) is 15.0. The van der Waals surface area contributed by atoms with Crippen LogP contribution >= 0.6 is 0 Å². The molecule has 0 N–H and O–H groups in total. The van der Waals surface area contributed by atoms with Gasteiger partial charge in [-0.2, -0.15) is 0 Å². The summed E-state index contributed by atoms with van der Waals surface area (Å²) in [5, 5.41) is 1.27. The Hall–Kier alpha value is -2.80. The second-order valence-electron chi connectivity index (χ2n) is 7.59. The minimum atomic E-state index is 0.171. The second-order valence-corrected chi connectivity index (χ2v) is 7.59. The summed E-state index contributed by atoms with van der Waals surface area (Å²) in [7, 11) is 0. The maximum Gasteiger partial charge on any atom is 0.0540 e. The highest BCUT2D eigenvalue weighted by molar-refractivity contribution is 5.89. The maximum atomic E-state index is 2.35. The first-order valence-electron chi connectivity index (χ1n) is 8.81. The van der Waals surface area contributed by atoms with Crippen LogP contribution in [0.1, 0.15) is 26.3 Å². The van der Waals surface area contributed by atoms with E-state index in [1.54, 1.807) is 0 Å². The summed E-state index contributed by atoms with van der Waals surface area (Å²) in [5.41, 5.74) is 6.44. The van der Waals surface area contributed by atoms with E-state index < -0.39 is 0 Å². The number of hydrogen-bond acceptors (Lipinski definition) is 0. The summed E-state index contributed by atoms with van der Waals surface area (Å²) in [6, 6.07) is 30.4. The van der Waals surface area contributed by atoms with Crippen LogP contribution in [0, 0.1) is 0 Å². The van der Waals surface area contributed by atoms with Gasteiger partial charge in [0.05, 0.1) is 11.2 Å². The first-order valence-corrected chi connectivity index (χ1v) is 8.81. The van der Waals surface area contributed by atoms with Gasteiger partial charge in [-0.25, -0.2) is 0 Å². The van der Waals surface area contributed by atoms with E-state index in [4.69, 9.17) is 0 Å². The molecule has 0 saturated carbocycles. The zero-order valence-corrected chi connectivity index (χ0v) is 15.0. The number of para-hydroxylation sites is 2. The third kappa shape index (κ3) is 2.87. The van der Waals surface area contributed by atoms with Gasteiger partial charge >= 0.3 is 0 Å². The largest absolute Gasteiger partial charge is 0.309 e. The van der Waals surface area contributed by atoms with Crippen molar-refractivity contribution in [3.8, 4) is 16.9 Å². The van der Waals surface area contributed by atoms with Gasteiger partial charge in [-0.1, -0.05) is 81.4 Å². The number of hydrogen-bond donors (Lipinski definition) is 0. The zero-order chi connectivity index (χ0) is 17.4. The molecule has 0 spiro atoms. The van der Waals surface area contributed by atoms with E-state index in [1.807, 2.05) is 0 Å². The molecule has 0 radical (unpaired) electrons. The minimum absolute atomic E-state index is 0.171. The summed E-state index contributed by atoms with van der Waals surface area (Å²) < 4.78 is 2.35.